The molecule has 96 valence electrons. The van der Waals surface area contributed by atoms with Crippen molar-refractivity contribution in [2.75, 3.05) is 6.26 Å². The number of unbranched alkanes of at least 4 members (excludes halogenated alkanes) is 2. The fraction of sp³-hybridized carbons (Fsp3) is 0.538. The summed E-state index contributed by atoms with van der Waals surface area (Å²) in [6.07, 6.45) is 5.69. The molecule has 0 amide bonds. The smallest absolute Gasteiger partial charge is 0.306 e. The zero-order valence-corrected chi connectivity index (χ0v) is 11.5. The molecule has 0 aliphatic carbocycles. The Morgan fingerprint density at radius 3 is 2.47 bits per heavy atom. The molecule has 0 heterocycles. The normalized spacial score (nSPS) is 11.5. The van der Waals surface area contributed by atoms with Crippen molar-refractivity contribution >= 4 is 10.1 Å². The number of hydrogen-bond acceptors (Lipinski definition) is 3. The van der Waals surface area contributed by atoms with E-state index in [0.717, 1.165) is 18.2 Å². The number of rotatable bonds is 6. The van der Waals surface area contributed by atoms with Crippen molar-refractivity contribution in [3.8, 4) is 5.75 Å². The summed E-state index contributed by atoms with van der Waals surface area (Å²) >= 11 is 0. The van der Waals surface area contributed by atoms with Crippen LogP contribution in [0.4, 0.5) is 0 Å². The van der Waals surface area contributed by atoms with Crippen LogP contribution in [0, 0.1) is 6.92 Å². The molecule has 0 N–H and O–H groups in total. The maximum atomic E-state index is 11.0. The summed E-state index contributed by atoms with van der Waals surface area (Å²) in [6.45, 7) is 4.04. The van der Waals surface area contributed by atoms with Crippen LogP contribution in [0.1, 0.15) is 37.3 Å². The van der Waals surface area contributed by atoms with Gasteiger partial charge in [-0.2, -0.15) is 8.42 Å². The predicted molar refractivity (Wildman–Crippen MR) is 69.9 cm³/mol. The van der Waals surface area contributed by atoms with Crippen LogP contribution in [0.2, 0.25) is 0 Å². The average molecular weight is 256 g/mol. The van der Waals surface area contributed by atoms with E-state index in [1.807, 2.05) is 19.1 Å². The molecular weight excluding hydrogens is 236 g/mol. The average Bonchev–Trinajstić information content (AvgIpc) is 2.21. The van der Waals surface area contributed by atoms with Crippen LogP contribution in [-0.4, -0.2) is 14.7 Å². The second-order valence-corrected chi connectivity index (χ2v) is 5.92. The predicted octanol–water partition coefficient (Wildman–Crippen LogP) is 3.07. The molecule has 0 spiro atoms. The van der Waals surface area contributed by atoms with Gasteiger partial charge in [0.05, 0.1) is 6.26 Å². The molecule has 1 rings (SSSR count). The van der Waals surface area contributed by atoms with E-state index in [1.165, 1.54) is 24.8 Å². The molecule has 0 aliphatic heterocycles. The molecule has 0 saturated heterocycles. The van der Waals surface area contributed by atoms with Crippen LogP contribution in [0.3, 0.4) is 0 Å². The summed E-state index contributed by atoms with van der Waals surface area (Å²) < 4.78 is 26.9. The van der Waals surface area contributed by atoms with E-state index in [2.05, 4.69) is 6.92 Å². The van der Waals surface area contributed by atoms with E-state index >= 15 is 0 Å². The molecule has 1 aromatic carbocycles. The molecule has 3 nitrogen and oxygen atoms in total. The summed E-state index contributed by atoms with van der Waals surface area (Å²) in [4.78, 5) is 0. The lowest BCUT2D eigenvalue weighted by molar-refractivity contribution is 0.491. The molecule has 1 aromatic rings. The van der Waals surface area contributed by atoms with Crippen molar-refractivity contribution in [1.82, 2.24) is 0 Å². The molecule has 0 bridgehead atoms. The summed E-state index contributed by atoms with van der Waals surface area (Å²) in [5, 5.41) is 0. The fourth-order valence-electron chi connectivity index (χ4n) is 1.70. The SMILES string of the molecule is CCCCCc1ccc(OS(C)(=O)=O)c(C)c1. The first-order chi connectivity index (χ1) is 7.92. The van der Waals surface area contributed by atoms with E-state index in [0.29, 0.717) is 5.75 Å². The highest BCUT2D eigenvalue weighted by atomic mass is 32.2. The largest absolute Gasteiger partial charge is 0.382 e. The Morgan fingerprint density at radius 1 is 1.24 bits per heavy atom. The van der Waals surface area contributed by atoms with Crippen LogP contribution in [0.25, 0.3) is 0 Å². The zero-order valence-electron chi connectivity index (χ0n) is 10.7. The lowest BCUT2D eigenvalue weighted by Crippen LogP contribution is -2.06. The van der Waals surface area contributed by atoms with Crippen molar-refractivity contribution in [2.24, 2.45) is 0 Å². The first-order valence-corrected chi connectivity index (χ1v) is 7.73. The highest BCUT2D eigenvalue weighted by Crippen LogP contribution is 2.21. The molecular formula is C13H20O3S. The molecule has 0 saturated carbocycles. The van der Waals surface area contributed by atoms with Gasteiger partial charge in [0.25, 0.3) is 0 Å². The Morgan fingerprint density at radius 2 is 1.94 bits per heavy atom. The minimum absolute atomic E-state index is 0.423. The Labute approximate surface area is 104 Å². The van der Waals surface area contributed by atoms with Gasteiger partial charge in [0.2, 0.25) is 0 Å². The fourth-order valence-corrected chi connectivity index (χ4v) is 2.22. The van der Waals surface area contributed by atoms with Crippen LogP contribution in [0.15, 0.2) is 18.2 Å². The maximum absolute atomic E-state index is 11.0. The molecule has 0 radical (unpaired) electrons. The quantitative estimate of drug-likeness (QED) is 0.580. The highest BCUT2D eigenvalue weighted by molar-refractivity contribution is 7.86. The summed E-state index contributed by atoms with van der Waals surface area (Å²) in [5.41, 5.74) is 2.10. The van der Waals surface area contributed by atoms with Gasteiger partial charge in [-0.1, -0.05) is 31.9 Å². The Bertz CT molecular complexity index is 464. The van der Waals surface area contributed by atoms with Crippen molar-refractivity contribution < 1.29 is 12.6 Å². The molecule has 4 heteroatoms. The van der Waals surface area contributed by atoms with Crippen LogP contribution < -0.4 is 4.18 Å². The maximum Gasteiger partial charge on any atom is 0.306 e. The summed E-state index contributed by atoms with van der Waals surface area (Å²) in [7, 11) is -3.43. The van der Waals surface area contributed by atoms with E-state index in [-0.39, 0.29) is 0 Å². The van der Waals surface area contributed by atoms with E-state index in [9.17, 15) is 8.42 Å². The van der Waals surface area contributed by atoms with Gasteiger partial charge in [0.15, 0.2) is 0 Å². The van der Waals surface area contributed by atoms with Gasteiger partial charge in [-0.25, -0.2) is 0 Å². The van der Waals surface area contributed by atoms with Crippen molar-refractivity contribution in [3.05, 3.63) is 29.3 Å². The topological polar surface area (TPSA) is 43.4 Å². The van der Waals surface area contributed by atoms with Crippen molar-refractivity contribution in [3.63, 3.8) is 0 Å². The number of hydrogen-bond donors (Lipinski definition) is 0. The van der Waals surface area contributed by atoms with Gasteiger partial charge >= 0.3 is 10.1 Å². The number of benzene rings is 1. The third-order valence-electron chi connectivity index (χ3n) is 2.55. The Hall–Kier alpha value is -1.03. The second kappa shape index (κ2) is 6.05. The Kier molecular flexibility index (Phi) is 5.00. The van der Waals surface area contributed by atoms with Gasteiger partial charge in [-0.15, -0.1) is 0 Å². The second-order valence-electron chi connectivity index (χ2n) is 4.34. The van der Waals surface area contributed by atoms with Crippen molar-refractivity contribution in [1.29, 1.82) is 0 Å². The van der Waals surface area contributed by atoms with Crippen LogP contribution in [-0.2, 0) is 16.5 Å². The zero-order chi connectivity index (χ0) is 12.9. The Balaban J connectivity index is 2.72. The molecule has 0 atom stereocenters. The molecule has 0 aliphatic rings. The first-order valence-electron chi connectivity index (χ1n) is 5.91. The van der Waals surface area contributed by atoms with Gasteiger partial charge in [-0.3, -0.25) is 0 Å². The summed E-state index contributed by atoms with van der Waals surface area (Å²) in [5.74, 6) is 0.423. The van der Waals surface area contributed by atoms with E-state index in [1.54, 1.807) is 6.07 Å². The minimum atomic E-state index is -3.43. The van der Waals surface area contributed by atoms with Gasteiger partial charge < -0.3 is 4.18 Å². The van der Waals surface area contributed by atoms with Gasteiger partial charge in [0, 0.05) is 0 Å². The summed E-state index contributed by atoms with van der Waals surface area (Å²) in [6, 6.07) is 5.66. The lowest BCUT2D eigenvalue weighted by atomic mass is 10.0. The molecule has 17 heavy (non-hydrogen) atoms. The third kappa shape index (κ3) is 5.22. The molecule has 0 fully saturated rings. The van der Waals surface area contributed by atoms with Gasteiger partial charge in [-0.05, 0) is 37.0 Å². The van der Waals surface area contributed by atoms with E-state index < -0.39 is 10.1 Å². The first kappa shape index (κ1) is 14.0. The molecule has 0 unspecified atom stereocenters. The van der Waals surface area contributed by atoms with Crippen LogP contribution in [0.5, 0.6) is 5.75 Å². The van der Waals surface area contributed by atoms with Gasteiger partial charge in [0.1, 0.15) is 5.75 Å². The van der Waals surface area contributed by atoms with Crippen LogP contribution >= 0.6 is 0 Å². The third-order valence-corrected chi connectivity index (χ3v) is 3.03. The monoisotopic (exact) mass is 256 g/mol. The lowest BCUT2D eigenvalue weighted by Gasteiger charge is -2.08. The highest BCUT2D eigenvalue weighted by Gasteiger charge is 2.07. The standard InChI is InChI=1S/C13H20O3S/c1-4-5-6-7-12-8-9-13(11(2)10-12)16-17(3,14)15/h8-10H,4-7H2,1-3H3. The number of aryl methyl sites for hydroxylation is 2. The van der Waals surface area contributed by atoms with E-state index in [4.69, 9.17) is 4.18 Å². The molecule has 0 aromatic heterocycles. The van der Waals surface area contributed by atoms with Crippen molar-refractivity contribution in [2.45, 2.75) is 39.5 Å². The minimum Gasteiger partial charge on any atom is -0.382 e.